The van der Waals surface area contributed by atoms with Gasteiger partial charge in [-0.05, 0) is 30.3 Å². The van der Waals surface area contributed by atoms with Gasteiger partial charge < -0.3 is 5.32 Å². The van der Waals surface area contributed by atoms with Gasteiger partial charge in [-0.2, -0.15) is 5.26 Å². The molecule has 0 fully saturated rings. The summed E-state index contributed by atoms with van der Waals surface area (Å²) in [6.07, 6.45) is 0. The van der Waals surface area contributed by atoms with Crippen LogP contribution in [0.5, 0.6) is 0 Å². The standard InChI is InChI=1S/C15H10ClFN2OS/c16-12-7-11(5-6-13(12)17)21-9-15(20)19-14-4-2-1-3-10(14)8-18/h1-7H,9H2,(H,19,20). The molecule has 0 aliphatic carbocycles. The van der Waals surface area contributed by atoms with Crippen LogP contribution in [0.25, 0.3) is 0 Å². The molecule has 0 aliphatic heterocycles. The molecule has 2 aromatic carbocycles. The van der Waals surface area contributed by atoms with Crippen LogP contribution in [0.4, 0.5) is 10.1 Å². The molecule has 3 nitrogen and oxygen atoms in total. The first kappa shape index (κ1) is 15.4. The number of amides is 1. The van der Waals surface area contributed by atoms with Crippen molar-refractivity contribution in [2.45, 2.75) is 4.90 Å². The summed E-state index contributed by atoms with van der Waals surface area (Å²) in [6, 6.07) is 13.0. The summed E-state index contributed by atoms with van der Waals surface area (Å²) >= 11 is 6.91. The summed E-state index contributed by atoms with van der Waals surface area (Å²) in [5.74, 6) is -0.599. The van der Waals surface area contributed by atoms with Gasteiger partial charge in [0.15, 0.2) is 0 Å². The topological polar surface area (TPSA) is 52.9 Å². The Morgan fingerprint density at radius 2 is 2.10 bits per heavy atom. The molecule has 0 bridgehead atoms. The molecule has 1 N–H and O–H groups in total. The lowest BCUT2D eigenvalue weighted by Crippen LogP contribution is -2.14. The maximum absolute atomic E-state index is 13.0. The molecule has 0 spiro atoms. The lowest BCUT2D eigenvalue weighted by atomic mass is 10.2. The van der Waals surface area contributed by atoms with Crippen molar-refractivity contribution in [3.05, 3.63) is 58.9 Å². The number of para-hydroxylation sites is 1. The SMILES string of the molecule is N#Cc1ccccc1NC(=O)CSc1ccc(F)c(Cl)c1. The van der Waals surface area contributed by atoms with E-state index in [0.29, 0.717) is 16.1 Å². The van der Waals surface area contributed by atoms with E-state index >= 15 is 0 Å². The van der Waals surface area contributed by atoms with E-state index in [-0.39, 0.29) is 16.7 Å². The minimum atomic E-state index is -0.492. The fourth-order valence-electron chi connectivity index (χ4n) is 1.59. The number of carbonyl (C=O) groups is 1. The fraction of sp³-hybridized carbons (Fsp3) is 0.0667. The average molecular weight is 321 g/mol. The third-order valence-corrected chi connectivity index (χ3v) is 3.87. The third kappa shape index (κ3) is 4.22. The van der Waals surface area contributed by atoms with Crippen LogP contribution in [0.2, 0.25) is 5.02 Å². The number of rotatable bonds is 4. The Kier molecular flexibility index (Phi) is 5.20. The molecule has 0 unspecified atom stereocenters. The molecule has 0 aliphatic rings. The Bertz CT molecular complexity index is 715. The lowest BCUT2D eigenvalue weighted by molar-refractivity contribution is -0.113. The second-order valence-electron chi connectivity index (χ2n) is 4.07. The molecule has 0 saturated carbocycles. The second-order valence-corrected chi connectivity index (χ2v) is 5.53. The zero-order valence-electron chi connectivity index (χ0n) is 10.8. The molecular formula is C15H10ClFN2OS. The maximum atomic E-state index is 13.0. The van der Waals surface area contributed by atoms with Gasteiger partial charge in [0.25, 0.3) is 0 Å². The first-order valence-corrected chi connectivity index (χ1v) is 7.33. The molecule has 0 saturated heterocycles. The number of nitrogens with one attached hydrogen (secondary N) is 1. The van der Waals surface area contributed by atoms with Gasteiger partial charge in [0.2, 0.25) is 5.91 Å². The quantitative estimate of drug-likeness (QED) is 0.863. The number of thioether (sulfide) groups is 1. The first-order valence-electron chi connectivity index (χ1n) is 5.97. The molecule has 1 amide bonds. The summed E-state index contributed by atoms with van der Waals surface area (Å²) < 4.78 is 13.0. The monoisotopic (exact) mass is 320 g/mol. The molecule has 0 aromatic heterocycles. The zero-order valence-corrected chi connectivity index (χ0v) is 12.3. The van der Waals surface area contributed by atoms with Crippen molar-refractivity contribution < 1.29 is 9.18 Å². The third-order valence-electron chi connectivity index (χ3n) is 2.58. The molecule has 0 atom stereocenters. The van der Waals surface area contributed by atoms with Crippen molar-refractivity contribution in [2.75, 3.05) is 11.1 Å². The van der Waals surface area contributed by atoms with Gasteiger partial charge in [0.1, 0.15) is 11.9 Å². The smallest absolute Gasteiger partial charge is 0.234 e. The summed E-state index contributed by atoms with van der Waals surface area (Å²) in [5.41, 5.74) is 0.878. The highest BCUT2D eigenvalue weighted by Gasteiger charge is 2.08. The van der Waals surface area contributed by atoms with Crippen LogP contribution in [0.3, 0.4) is 0 Å². The molecule has 6 heteroatoms. The fourth-order valence-corrected chi connectivity index (χ4v) is 2.57. The van der Waals surface area contributed by atoms with Gasteiger partial charge in [0, 0.05) is 4.90 Å². The normalized spacial score (nSPS) is 9.95. The number of nitrogens with zero attached hydrogens (tertiary/aromatic N) is 1. The van der Waals surface area contributed by atoms with E-state index < -0.39 is 5.82 Å². The van der Waals surface area contributed by atoms with Crippen LogP contribution in [-0.4, -0.2) is 11.7 Å². The lowest BCUT2D eigenvalue weighted by Gasteiger charge is -2.07. The van der Waals surface area contributed by atoms with Gasteiger partial charge >= 0.3 is 0 Å². The van der Waals surface area contributed by atoms with Gasteiger partial charge in [-0.1, -0.05) is 23.7 Å². The molecule has 21 heavy (non-hydrogen) atoms. The predicted octanol–water partition coefficient (Wildman–Crippen LogP) is 4.08. The van der Waals surface area contributed by atoms with Crippen molar-refractivity contribution in [3.8, 4) is 6.07 Å². The van der Waals surface area contributed by atoms with Gasteiger partial charge in [-0.15, -0.1) is 11.8 Å². The number of carbonyl (C=O) groups excluding carboxylic acids is 1. The minimum absolute atomic E-state index is 0.0234. The predicted molar refractivity (Wildman–Crippen MR) is 81.9 cm³/mol. The Labute approximate surface area is 130 Å². The largest absolute Gasteiger partial charge is 0.324 e. The van der Waals surface area contributed by atoms with E-state index in [0.717, 1.165) is 0 Å². The maximum Gasteiger partial charge on any atom is 0.234 e. The van der Waals surface area contributed by atoms with E-state index in [4.69, 9.17) is 16.9 Å². The van der Waals surface area contributed by atoms with E-state index in [1.54, 1.807) is 30.3 Å². The van der Waals surface area contributed by atoms with E-state index in [9.17, 15) is 9.18 Å². The van der Waals surface area contributed by atoms with Crippen LogP contribution in [0.1, 0.15) is 5.56 Å². The van der Waals surface area contributed by atoms with Gasteiger partial charge in [-0.25, -0.2) is 4.39 Å². The highest BCUT2D eigenvalue weighted by molar-refractivity contribution is 8.00. The highest BCUT2D eigenvalue weighted by atomic mass is 35.5. The number of benzene rings is 2. The van der Waals surface area contributed by atoms with E-state index in [1.165, 1.54) is 23.9 Å². The van der Waals surface area contributed by atoms with Crippen LogP contribution in [-0.2, 0) is 4.79 Å². The van der Waals surface area contributed by atoms with Crippen LogP contribution < -0.4 is 5.32 Å². The summed E-state index contributed by atoms with van der Waals surface area (Å²) in [7, 11) is 0. The summed E-state index contributed by atoms with van der Waals surface area (Å²) in [6.45, 7) is 0. The van der Waals surface area contributed by atoms with E-state index in [1.807, 2.05) is 6.07 Å². The number of anilines is 1. The first-order chi connectivity index (χ1) is 10.1. The van der Waals surface area contributed by atoms with Crippen LogP contribution in [0.15, 0.2) is 47.4 Å². The minimum Gasteiger partial charge on any atom is -0.324 e. The number of hydrogen-bond acceptors (Lipinski definition) is 3. The van der Waals surface area contributed by atoms with Gasteiger partial charge in [0.05, 0.1) is 22.0 Å². The molecule has 106 valence electrons. The van der Waals surface area contributed by atoms with Crippen molar-refractivity contribution >= 4 is 35.0 Å². The van der Waals surface area contributed by atoms with Crippen LogP contribution >= 0.6 is 23.4 Å². The zero-order chi connectivity index (χ0) is 15.2. The van der Waals surface area contributed by atoms with Crippen molar-refractivity contribution in [3.63, 3.8) is 0 Å². The second kappa shape index (κ2) is 7.11. The Hall–Kier alpha value is -2.03. The Morgan fingerprint density at radius 3 is 2.81 bits per heavy atom. The Balaban J connectivity index is 1.96. The van der Waals surface area contributed by atoms with Crippen molar-refractivity contribution in [2.24, 2.45) is 0 Å². The summed E-state index contributed by atoms with van der Waals surface area (Å²) in [4.78, 5) is 12.6. The number of nitriles is 1. The summed E-state index contributed by atoms with van der Waals surface area (Å²) in [5, 5.41) is 11.6. The number of hydrogen-bond donors (Lipinski definition) is 1. The highest BCUT2D eigenvalue weighted by Crippen LogP contribution is 2.24. The molecular weight excluding hydrogens is 311 g/mol. The average Bonchev–Trinajstić information content (AvgIpc) is 2.49. The van der Waals surface area contributed by atoms with Crippen molar-refractivity contribution in [1.29, 1.82) is 5.26 Å². The van der Waals surface area contributed by atoms with Crippen molar-refractivity contribution in [1.82, 2.24) is 0 Å². The molecule has 2 aromatic rings. The molecule has 0 radical (unpaired) electrons. The molecule has 2 rings (SSSR count). The number of halogens is 2. The van der Waals surface area contributed by atoms with Crippen LogP contribution in [0, 0.1) is 17.1 Å². The molecule has 0 heterocycles. The Morgan fingerprint density at radius 1 is 1.33 bits per heavy atom. The van der Waals surface area contributed by atoms with E-state index in [2.05, 4.69) is 5.32 Å². The van der Waals surface area contributed by atoms with Gasteiger partial charge in [-0.3, -0.25) is 4.79 Å².